The van der Waals surface area contributed by atoms with Crippen molar-refractivity contribution in [1.29, 1.82) is 0 Å². The number of rotatable bonds is 4. The topological polar surface area (TPSA) is 99.1 Å². The maximum atomic E-state index is 12.1. The number of fused-ring (bicyclic) bond motifs is 1. The Labute approximate surface area is 152 Å². The average molecular weight is 384 g/mol. The smallest absolute Gasteiger partial charge is 0.270 e. The van der Waals surface area contributed by atoms with Crippen LogP contribution in [0.25, 0.3) is 11.2 Å². The van der Waals surface area contributed by atoms with E-state index in [9.17, 15) is 13.0 Å². The van der Waals surface area contributed by atoms with E-state index < -0.39 is 27.8 Å². The van der Waals surface area contributed by atoms with Crippen molar-refractivity contribution in [2.45, 2.75) is 62.6 Å². The molecule has 1 aliphatic heterocycles. The molecule has 0 bridgehead atoms. The van der Waals surface area contributed by atoms with Gasteiger partial charge in [0.05, 0.1) is 18.6 Å². The first-order valence-corrected chi connectivity index (χ1v) is 10.6. The van der Waals surface area contributed by atoms with E-state index in [1.54, 1.807) is 18.6 Å². The Balaban J connectivity index is 1.58. The summed E-state index contributed by atoms with van der Waals surface area (Å²) in [5.41, 5.74) is 2.13. The number of ether oxygens (including phenoxy) is 2. The summed E-state index contributed by atoms with van der Waals surface area (Å²) in [4.78, 5) is 0. The van der Waals surface area contributed by atoms with Gasteiger partial charge in [0.1, 0.15) is 5.25 Å². The predicted molar refractivity (Wildman–Crippen MR) is 93.4 cm³/mol. The molecule has 1 N–H and O–H groups in total. The van der Waals surface area contributed by atoms with E-state index in [0.29, 0.717) is 24.2 Å². The van der Waals surface area contributed by atoms with Crippen LogP contribution < -0.4 is 0 Å². The fraction of sp³-hybridized carbons (Fsp3) is 0.667. The van der Waals surface area contributed by atoms with Crippen molar-refractivity contribution in [3.63, 3.8) is 0 Å². The van der Waals surface area contributed by atoms with Crippen molar-refractivity contribution < 1.29 is 31.3 Å². The quantitative estimate of drug-likeness (QED) is 0.802. The van der Waals surface area contributed by atoms with Gasteiger partial charge in [0.2, 0.25) is 0 Å². The molecule has 2 aromatic heterocycles. The molecule has 7 nitrogen and oxygen atoms in total. The highest BCUT2D eigenvalue weighted by molar-refractivity contribution is 7.86. The van der Waals surface area contributed by atoms with Gasteiger partial charge in [-0.05, 0) is 43.9 Å². The van der Waals surface area contributed by atoms with Gasteiger partial charge in [0, 0.05) is 18.2 Å². The zero-order valence-corrected chi connectivity index (χ0v) is 15.5. The third-order valence-corrected chi connectivity index (χ3v) is 6.90. The van der Waals surface area contributed by atoms with Crippen molar-refractivity contribution in [3.05, 3.63) is 24.2 Å². The van der Waals surface area contributed by atoms with Crippen LogP contribution in [0.3, 0.4) is 0 Å². The summed E-state index contributed by atoms with van der Waals surface area (Å²) in [6.45, 7) is 2.68. The minimum atomic E-state index is -4.25. The molecule has 144 valence electrons. The normalized spacial score (nSPS) is 33.5. The van der Waals surface area contributed by atoms with Crippen molar-refractivity contribution in [1.82, 2.24) is 0 Å². The molecule has 2 aliphatic rings. The second kappa shape index (κ2) is 6.99. The van der Waals surface area contributed by atoms with E-state index in [4.69, 9.17) is 18.3 Å². The molecular formula is C18H24O7S. The Hall–Kier alpha value is -1.35. The molecule has 3 heterocycles. The molecule has 5 atom stereocenters. The summed E-state index contributed by atoms with van der Waals surface area (Å²) < 4.78 is 56.5. The van der Waals surface area contributed by atoms with E-state index in [2.05, 4.69) is 6.92 Å². The molecule has 2 fully saturated rings. The Kier molecular flexibility index (Phi) is 4.85. The molecule has 8 heteroatoms. The Morgan fingerprint density at radius 1 is 1.23 bits per heavy atom. The van der Waals surface area contributed by atoms with Crippen LogP contribution in [0.2, 0.25) is 0 Å². The van der Waals surface area contributed by atoms with E-state index in [-0.39, 0.29) is 18.3 Å². The SMILES string of the molecule is CC1C[C@@H](OC2CCCCO2)C(S(=O)(=O)O)C[C@@H]1c1coc2ccoc12. The van der Waals surface area contributed by atoms with Gasteiger partial charge >= 0.3 is 0 Å². The molecule has 0 amide bonds. The largest absolute Gasteiger partial charge is 0.461 e. The Bertz CT molecular complexity index is 846. The van der Waals surface area contributed by atoms with E-state index in [1.807, 2.05) is 0 Å². The summed E-state index contributed by atoms with van der Waals surface area (Å²) >= 11 is 0. The van der Waals surface area contributed by atoms with Crippen LogP contribution in [0.1, 0.15) is 50.5 Å². The van der Waals surface area contributed by atoms with Gasteiger partial charge < -0.3 is 18.3 Å². The summed E-state index contributed by atoms with van der Waals surface area (Å²) in [6.07, 6.45) is 5.71. The molecule has 26 heavy (non-hydrogen) atoms. The molecule has 0 spiro atoms. The van der Waals surface area contributed by atoms with Crippen LogP contribution in [-0.4, -0.2) is 37.2 Å². The van der Waals surface area contributed by atoms with E-state index in [1.165, 1.54) is 0 Å². The van der Waals surface area contributed by atoms with Crippen molar-refractivity contribution in [2.75, 3.05) is 6.61 Å². The van der Waals surface area contributed by atoms with Gasteiger partial charge in [-0.25, -0.2) is 0 Å². The lowest BCUT2D eigenvalue weighted by atomic mass is 9.75. The summed E-state index contributed by atoms with van der Waals surface area (Å²) in [5.74, 6) is 0.0499. The molecule has 1 saturated carbocycles. The van der Waals surface area contributed by atoms with Crippen molar-refractivity contribution in [2.24, 2.45) is 5.92 Å². The summed E-state index contributed by atoms with van der Waals surface area (Å²) in [7, 11) is -4.25. The third-order valence-electron chi connectivity index (χ3n) is 5.64. The lowest BCUT2D eigenvalue weighted by molar-refractivity contribution is -0.195. The Morgan fingerprint density at radius 3 is 2.81 bits per heavy atom. The van der Waals surface area contributed by atoms with Crippen molar-refractivity contribution in [3.8, 4) is 0 Å². The van der Waals surface area contributed by atoms with Crippen LogP contribution in [0.15, 0.2) is 27.4 Å². The van der Waals surface area contributed by atoms with Gasteiger partial charge in [0.15, 0.2) is 17.5 Å². The number of hydrogen-bond donors (Lipinski definition) is 1. The van der Waals surface area contributed by atoms with Gasteiger partial charge in [-0.15, -0.1) is 0 Å². The molecule has 0 aromatic carbocycles. The maximum absolute atomic E-state index is 12.1. The fourth-order valence-corrected chi connectivity index (χ4v) is 5.27. The van der Waals surface area contributed by atoms with Gasteiger partial charge in [-0.2, -0.15) is 8.42 Å². The second-order valence-corrected chi connectivity index (χ2v) is 9.02. The second-order valence-electron chi connectivity index (χ2n) is 7.38. The van der Waals surface area contributed by atoms with Gasteiger partial charge in [-0.3, -0.25) is 4.55 Å². The first-order valence-electron chi connectivity index (χ1n) is 9.11. The fourth-order valence-electron chi connectivity index (χ4n) is 4.26. The molecule has 4 rings (SSSR count). The van der Waals surface area contributed by atoms with Crippen LogP contribution in [0.4, 0.5) is 0 Å². The molecule has 3 unspecified atom stereocenters. The van der Waals surface area contributed by atoms with Crippen molar-refractivity contribution >= 4 is 21.3 Å². The zero-order chi connectivity index (χ0) is 18.3. The van der Waals surface area contributed by atoms with Gasteiger partial charge in [-0.1, -0.05) is 6.92 Å². The average Bonchev–Trinajstić information content (AvgIpc) is 3.19. The maximum Gasteiger partial charge on any atom is 0.270 e. The summed E-state index contributed by atoms with van der Waals surface area (Å²) in [5, 5.41) is -0.992. The molecule has 1 saturated heterocycles. The molecule has 0 radical (unpaired) electrons. The highest BCUT2D eigenvalue weighted by atomic mass is 32.2. The lowest BCUT2D eigenvalue weighted by Gasteiger charge is -2.40. The highest BCUT2D eigenvalue weighted by Gasteiger charge is 2.45. The minimum absolute atomic E-state index is 0.0959. The van der Waals surface area contributed by atoms with Crippen LogP contribution in [0.5, 0.6) is 0 Å². The van der Waals surface area contributed by atoms with E-state index >= 15 is 0 Å². The van der Waals surface area contributed by atoms with Gasteiger partial charge in [0.25, 0.3) is 10.1 Å². The minimum Gasteiger partial charge on any atom is -0.461 e. The van der Waals surface area contributed by atoms with Crippen LogP contribution in [-0.2, 0) is 19.6 Å². The number of furan rings is 2. The Morgan fingerprint density at radius 2 is 2.08 bits per heavy atom. The lowest BCUT2D eigenvalue weighted by Crippen LogP contribution is -2.45. The van der Waals surface area contributed by atoms with E-state index in [0.717, 1.165) is 24.8 Å². The third kappa shape index (κ3) is 3.43. The molecular weight excluding hydrogens is 360 g/mol. The predicted octanol–water partition coefficient (Wildman–Crippen LogP) is 3.71. The molecule has 2 aromatic rings. The van der Waals surface area contributed by atoms with Crippen LogP contribution >= 0.6 is 0 Å². The highest BCUT2D eigenvalue weighted by Crippen LogP contribution is 2.44. The zero-order valence-electron chi connectivity index (χ0n) is 14.7. The first kappa shape index (κ1) is 18.0. The standard InChI is InChI=1S/C18H24O7S/c1-11-8-15(25-17-4-2-3-6-22-17)16(26(19,20)21)9-12(11)13-10-24-14-5-7-23-18(13)14/h5,7,10-12,15-17H,2-4,6,8-9H2,1H3,(H,19,20,21)/t11?,12-,15+,16?,17?/m0/s1. The summed E-state index contributed by atoms with van der Waals surface area (Å²) in [6, 6.07) is 1.74. The molecule has 1 aliphatic carbocycles. The van der Waals surface area contributed by atoms with Crippen LogP contribution in [0, 0.1) is 5.92 Å². The number of hydrogen-bond acceptors (Lipinski definition) is 6. The first-order chi connectivity index (χ1) is 12.4. The monoisotopic (exact) mass is 384 g/mol.